The van der Waals surface area contributed by atoms with Gasteiger partial charge in [-0.25, -0.2) is 0 Å². The van der Waals surface area contributed by atoms with Crippen LogP contribution in [-0.2, 0) is 17.1 Å². The quantitative estimate of drug-likeness (QED) is 0.525. The van der Waals surface area contributed by atoms with E-state index in [4.69, 9.17) is 0 Å². The number of hydrogen-bond acceptors (Lipinski definition) is 1. The average Bonchev–Trinajstić information content (AvgIpc) is 1.41. The summed E-state index contributed by atoms with van der Waals surface area (Å²) in [5.41, 5.74) is 0. The minimum absolute atomic E-state index is 1.34. The van der Waals surface area contributed by atoms with Crippen molar-refractivity contribution in [3.8, 4) is 0 Å². The van der Waals surface area contributed by atoms with E-state index in [-0.39, 0.29) is 0 Å². The molecule has 0 N–H and O–H groups in total. The summed E-state index contributed by atoms with van der Waals surface area (Å²) >= 11 is 1.40. The number of hydrogen-bond donors (Lipinski definition) is 0. The van der Waals surface area contributed by atoms with E-state index >= 15 is 0 Å². The summed E-state index contributed by atoms with van der Waals surface area (Å²) in [7, 11) is 2.03. The molecule has 0 rings (SSSR count). The van der Waals surface area contributed by atoms with E-state index in [1.54, 1.807) is 0 Å². The van der Waals surface area contributed by atoms with Crippen molar-refractivity contribution in [1.82, 2.24) is 0 Å². The van der Waals surface area contributed by atoms with Crippen LogP contribution in [-0.4, -0.2) is 5.75 Å². The molecule has 0 spiro atoms. The van der Waals surface area contributed by atoms with Crippen molar-refractivity contribution in [2.75, 3.05) is 5.75 Å². The summed E-state index contributed by atoms with van der Waals surface area (Å²) in [6.45, 7) is 2.21. The Morgan fingerprint density at radius 1 is 1.80 bits per heavy atom. The Hall–Kier alpha value is 0.973. The standard InChI is InChI=1S/C3H8S.Zn/c1-2-3-4;/h4H,2-3H2,1H3;/q;+1/p-1. The Balaban J connectivity index is 2.19. The second-order valence-electron chi connectivity index (χ2n) is 0.908. The molecule has 0 bridgehead atoms. The third-order valence-electron chi connectivity index (χ3n) is 0.348. The zero-order chi connectivity index (χ0) is 4.12. The summed E-state index contributed by atoms with van der Waals surface area (Å²) in [6, 6.07) is 0. The van der Waals surface area contributed by atoms with E-state index in [1.807, 2.05) is 9.75 Å². The Bertz CT molecular complexity index is 14.4. The molecule has 0 radical (unpaired) electrons. The van der Waals surface area contributed by atoms with Gasteiger partial charge in [-0.15, -0.1) is 0 Å². The van der Waals surface area contributed by atoms with Gasteiger partial charge in [-0.05, 0) is 0 Å². The van der Waals surface area contributed by atoms with Crippen molar-refractivity contribution in [2.24, 2.45) is 0 Å². The Labute approximate surface area is 46.2 Å². The van der Waals surface area contributed by atoms with E-state index in [9.17, 15) is 0 Å². The van der Waals surface area contributed by atoms with Crippen LogP contribution in [0.5, 0.6) is 0 Å². The summed E-state index contributed by atoms with van der Waals surface area (Å²) in [5, 5.41) is 0. The van der Waals surface area contributed by atoms with Gasteiger partial charge >= 0.3 is 45.9 Å². The van der Waals surface area contributed by atoms with Crippen LogP contribution in [0.1, 0.15) is 13.3 Å². The molecule has 0 aromatic heterocycles. The molecule has 0 unspecified atom stereocenters. The van der Waals surface area contributed by atoms with Crippen LogP contribution in [0.3, 0.4) is 0 Å². The molecule has 0 fully saturated rings. The monoisotopic (exact) mass is 139 g/mol. The molecule has 0 aromatic carbocycles. The summed E-state index contributed by atoms with van der Waals surface area (Å²) < 4.78 is 0. The van der Waals surface area contributed by atoms with E-state index in [1.165, 1.54) is 29.3 Å². The van der Waals surface area contributed by atoms with Gasteiger partial charge in [0, 0.05) is 0 Å². The first kappa shape index (κ1) is 5.97. The first-order chi connectivity index (χ1) is 2.41. The molecular weight excluding hydrogens is 133 g/mol. The van der Waals surface area contributed by atoms with Gasteiger partial charge in [0.25, 0.3) is 0 Å². The second kappa shape index (κ2) is 4.97. The van der Waals surface area contributed by atoms with Crippen LogP contribution in [0, 0.1) is 0 Å². The molecule has 0 amide bonds. The summed E-state index contributed by atoms with van der Waals surface area (Å²) in [4.78, 5) is 0. The first-order valence-corrected chi connectivity index (χ1v) is 6.57. The van der Waals surface area contributed by atoms with Crippen LogP contribution in [0.25, 0.3) is 0 Å². The molecule has 0 nitrogen and oxygen atoms in total. The van der Waals surface area contributed by atoms with Crippen molar-refractivity contribution in [3.05, 3.63) is 0 Å². The molecule has 0 aliphatic carbocycles. The molecular formula is C3H7SZn. The third kappa shape index (κ3) is 4.97. The van der Waals surface area contributed by atoms with Crippen LogP contribution in [0.15, 0.2) is 0 Å². The molecule has 5 heavy (non-hydrogen) atoms. The Kier molecular flexibility index (Phi) is 5.94. The maximum absolute atomic E-state index is 2.21. The van der Waals surface area contributed by atoms with Gasteiger partial charge in [0.05, 0.1) is 0 Å². The topological polar surface area (TPSA) is 0 Å². The molecule has 2 heteroatoms. The van der Waals surface area contributed by atoms with Crippen molar-refractivity contribution >= 4 is 9.75 Å². The van der Waals surface area contributed by atoms with E-state index in [0.717, 1.165) is 0 Å². The average molecular weight is 141 g/mol. The minimum atomic E-state index is 1.34. The van der Waals surface area contributed by atoms with Gasteiger partial charge in [0.1, 0.15) is 0 Å². The van der Waals surface area contributed by atoms with Crippen molar-refractivity contribution < 1.29 is 17.1 Å². The van der Waals surface area contributed by atoms with E-state index in [2.05, 4.69) is 6.92 Å². The van der Waals surface area contributed by atoms with E-state index in [0.29, 0.717) is 0 Å². The summed E-state index contributed by atoms with van der Waals surface area (Å²) in [5.74, 6) is 1.36. The van der Waals surface area contributed by atoms with Crippen LogP contribution in [0.4, 0.5) is 0 Å². The molecule has 27 valence electrons. The van der Waals surface area contributed by atoms with Gasteiger partial charge in [-0.2, -0.15) is 0 Å². The van der Waals surface area contributed by atoms with Crippen LogP contribution >= 0.6 is 9.75 Å². The van der Waals surface area contributed by atoms with Gasteiger partial charge in [0.2, 0.25) is 0 Å². The molecule has 0 heterocycles. The van der Waals surface area contributed by atoms with E-state index < -0.39 is 0 Å². The molecule has 0 saturated heterocycles. The van der Waals surface area contributed by atoms with Gasteiger partial charge < -0.3 is 0 Å². The SMILES string of the molecule is CCC[S][Zn]. The molecule has 0 saturated carbocycles. The van der Waals surface area contributed by atoms with Crippen molar-refractivity contribution in [3.63, 3.8) is 0 Å². The molecule has 0 atom stereocenters. The van der Waals surface area contributed by atoms with Gasteiger partial charge in [-0.3, -0.25) is 0 Å². The first-order valence-electron chi connectivity index (χ1n) is 1.78. The summed E-state index contributed by atoms with van der Waals surface area (Å²) in [6.07, 6.45) is 1.34. The fourth-order valence-corrected chi connectivity index (χ4v) is 2.25. The second-order valence-corrected chi connectivity index (χ2v) is 4.29. The molecule has 0 aromatic rings. The van der Waals surface area contributed by atoms with Gasteiger partial charge in [-0.1, -0.05) is 0 Å². The molecule has 0 aliphatic rings. The molecule has 0 aliphatic heterocycles. The normalized spacial score (nSPS) is 8.60. The zero-order valence-electron chi connectivity index (χ0n) is 3.53. The predicted octanol–water partition coefficient (Wildman–Crippen LogP) is 1.59. The Morgan fingerprint density at radius 3 is 2.40 bits per heavy atom. The van der Waals surface area contributed by atoms with Gasteiger partial charge in [0.15, 0.2) is 0 Å². The Morgan fingerprint density at radius 2 is 2.40 bits per heavy atom. The zero-order valence-corrected chi connectivity index (χ0v) is 7.31. The maximum atomic E-state index is 2.21. The third-order valence-corrected chi connectivity index (χ3v) is 2.86. The van der Waals surface area contributed by atoms with Crippen LogP contribution < -0.4 is 0 Å². The number of rotatable bonds is 2. The fraction of sp³-hybridized carbons (Fsp3) is 1.00. The fourth-order valence-electron chi connectivity index (χ4n) is 0.144. The predicted molar refractivity (Wildman–Crippen MR) is 22.7 cm³/mol. The van der Waals surface area contributed by atoms with Crippen molar-refractivity contribution in [2.45, 2.75) is 13.3 Å². The van der Waals surface area contributed by atoms with Crippen molar-refractivity contribution in [1.29, 1.82) is 0 Å². The van der Waals surface area contributed by atoms with Crippen LogP contribution in [0.2, 0.25) is 0 Å².